The molecule has 2 saturated heterocycles. The Kier molecular flexibility index (Phi) is 14.6. The highest BCUT2D eigenvalue weighted by Crippen LogP contribution is 2.63. The molecule has 11 atom stereocenters. The predicted molar refractivity (Wildman–Crippen MR) is 199 cm³/mol. The van der Waals surface area contributed by atoms with Crippen LogP contribution in [0, 0.1) is 35.0 Å². The zero-order valence-corrected chi connectivity index (χ0v) is 34.8. The molecule has 17 nitrogen and oxygen atoms in total. The third-order valence-corrected chi connectivity index (χ3v) is 11.0. The molecule has 3 fully saturated rings. The number of epoxide rings is 1. The fourth-order valence-electron chi connectivity index (χ4n) is 8.35. The molecule has 0 unspecified atom stereocenters. The molecule has 2 N–H and O–H groups in total. The molecule has 0 aromatic heterocycles. The van der Waals surface area contributed by atoms with E-state index in [0.717, 1.165) is 13.8 Å². The van der Waals surface area contributed by atoms with Gasteiger partial charge >= 0.3 is 41.8 Å². The molecule has 4 rings (SSSR count). The Labute approximate surface area is 338 Å². The van der Waals surface area contributed by atoms with E-state index in [4.69, 9.17) is 37.9 Å². The Morgan fingerprint density at radius 3 is 1.84 bits per heavy atom. The van der Waals surface area contributed by atoms with Crippen molar-refractivity contribution in [2.45, 2.75) is 136 Å². The molecular weight excluding hydrogens is 764 g/mol. The monoisotopic (exact) mass is 822 g/mol. The van der Waals surface area contributed by atoms with Crippen LogP contribution >= 0.6 is 0 Å². The van der Waals surface area contributed by atoms with Crippen LogP contribution in [0.3, 0.4) is 0 Å². The molecule has 1 spiro atoms. The van der Waals surface area contributed by atoms with Crippen molar-refractivity contribution in [3.05, 3.63) is 23.8 Å². The van der Waals surface area contributed by atoms with Crippen LogP contribution < -0.4 is 0 Å². The van der Waals surface area contributed by atoms with E-state index in [2.05, 4.69) is 0 Å². The molecule has 0 aromatic carbocycles. The van der Waals surface area contributed by atoms with Gasteiger partial charge in [0.2, 0.25) is 0 Å². The van der Waals surface area contributed by atoms with Crippen molar-refractivity contribution in [2.24, 2.45) is 35.0 Å². The first-order valence-electron chi connectivity index (χ1n) is 19.7. The normalized spacial score (nSPS) is 34.0. The number of carbonyl (C=O) groups is 7. The van der Waals surface area contributed by atoms with E-state index in [0.29, 0.717) is 0 Å². The zero-order chi connectivity index (χ0) is 43.5. The van der Waals surface area contributed by atoms with Crippen molar-refractivity contribution >= 4 is 41.8 Å². The first-order chi connectivity index (χ1) is 27.0. The Bertz CT molecular complexity index is 1660. The van der Waals surface area contributed by atoms with Crippen LogP contribution in [-0.4, -0.2) is 120 Å². The number of hydrogen-bond donors (Lipinski definition) is 2. The molecule has 324 valence electrons. The third-order valence-electron chi connectivity index (χ3n) is 11.0. The highest BCUT2D eigenvalue weighted by molar-refractivity contribution is 5.78. The smallest absolute Gasteiger partial charge is 0.332 e. The van der Waals surface area contributed by atoms with E-state index >= 15 is 0 Å². The molecule has 58 heavy (non-hydrogen) atoms. The van der Waals surface area contributed by atoms with Crippen LogP contribution in [0.15, 0.2) is 23.8 Å². The second kappa shape index (κ2) is 18.3. The van der Waals surface area contributed by atoms with Gasteiger partial charge in [0.05, 0.1) is 17.9 Å². The summed E-state index contributed by atoms with van der Waals surface area (Å²) in [5.74, 6) is -9.48. The molecule has 0 aromatic rings. The van der Waals surface area contributed by atoms with Gasteiger partial charge in [-0.3, -0.25) is 28.8 Å². The molecule has 2 aliphatic heterocycles. The van der Waals surface area contributed by atoms with Gasteiger partial charge in [-0.15, -0.1) is 0 Å². The van der Waals surface area contributed by atoms with Crippen LogP contribution in [-0.2, 0) is 71.5 Å². The summed E-state index contributed by atoms with van der Waals surface area (Å²) in [5, 5.41) is 23.1. The SMILES string of the molecule is CC(=O)O[C@H]1[C@@H](OC(=O)CC(C)C)[C@@H](OC(=O)CC(C)C)[C@]2(CO2)[C@@H]2[C@H](OC(C)=O)[C@@]3(O)[C@H](C=C(COC(=O)CC(C)C)C=C[C@H](OC(=O)CO)[C@@]12C)OC(=O)[C@@H]3C. The van der Waals surface area contributed by atoms with Gasteiger partial charge in [-0.25, -0.2) is 4.79 Å². The summed E-state index contributed by atoms with van der Waals surface area (Å²) in [6.07, 6.45) is -6.26. The Morgan fingerprint density at radius 1 is 0.793 bits per heavy atom. The van der Waals surface area contributed by atoms with E-state index < -0.39 is 120 Å². The largest absolute Gasteiger partial charge is 0.461 e. The number of fused-ring (bicyclic) bond motifs is 3. The lowest BCUT2D eigenvalue weighted by molar-refractivity contribution is -0.280. The highest BCUT2D eigenvalue weighted by atomic mass is 16.7. The first kappa shape index (κ1) is 46.3. The molecule has 4 aliphatic rings. The number of rotatable bonds is 14. The summed E-state index contributed by atoms with van der Waals surface area (Å²) in [4.78, 5) is 93.1. The molecule has 1 saturated carbocycles. The molecule has 2 aliphatic carbocycles. The van der Waals surface area contributed by atoms with Crippen LogP contribution in [0.25, 0.3) is 0 Å². The zero-order valence-electron chi connectivity index (χ0n) is 34.8. The summed E-state index contributed by atoms with van der Waals surface area (Å²) < 4.78 is 47.8. The number of esters is 7. The number of carbonyl (C=O) groups excluding carboxylic acids is 7. The van der Waals surface area contributed by atoms with Crippen LogP contribution in [0.4, 0.5) is 0 Å². The maximum Gasteiger partial charge on any atom is 0.332 e. The number of aliphatic hydroxyl groups is 2. The van der Waals surface area contributed by atoms with Gasteiger partial charge in [-0.2, -0.15) is 0 Å². The van der Waals surface area contributed by atoms with Gasteiger partial charge in [0.15, 0.2) is 30.0 Å². The second-order valence-corrected chi connectivity index (χ2v) is 17.1. The van der Waals surface area contributed by atoms with Gasteiger partial charge in [0, 0.05) is 39.0 Å². The first-order valence-corrected chi connectivity index (χ1v) is 19.7. The van der Waals surface area contributed by atoms with Crippen molar-refractivity contribution in [2.75, 3.05) is 19.8 Å². The van der Waals surface area contributed by atoms with E-state index in [1.165, 1.54) is 32.1 Å². The predicted octanol–water partition coefficient (Wildman–Crippen LogP) is 2.45. The highest BCUT2D eigenvalue weighted by Gasteiger charge is 2.81. The van der Waals surface area contributed by atoms with Crippen LogP contribution in [0.5, 0.6) is 0 Å². The Hall–Kier alpha value is -4.35. The van der Waals surface area contributed by atoms with Gasteiger partial charge in [-0.1, -0.05) is 54.5 Å². The van der Waals surface area contributed by atoms with Crippen molar-refractivity contribution in [1.29, 1.82) is 0 Å². The summed E-state index contributed by atoms with van der Waals surface area (Å²) in [7, 11) is 0. The Balaban J connectivity index is 2.13. The second-order valence-electron chi connectivity index (χ2n) is 17.1. The average Bonchev–Trinajstić information content (AvgIpc) is 3.85. The van der Waals surface area contributed by atoms with Crippen LogP contribution in [0.1, 0.15) is 88.5 Å². The molecule has 0 radical (unpaired) electrons. The van der Waals surface area contributed by atoms with Gasteiger partial charge in [0.1, 0.15) is 31.0 Å². The summed E-state index contributed by atoms with van der Waals surface area (Å²) >= 11 is 0. The fourth-order valence-corrected chi connectivity index (χ4v) is 8.35. The number of ether oxygens (including phenoxy) is 8. The van der Waals surface area contributed by atoms with Gasteiger partial charge in [-0.05, 0) is 42.4 Å². The summed E-state index contributed by atoms with van der Waals surface area (Å²) in [5.41, 5.74) is -6.22. The van der Waals surface area contributed by atoms with Crippen molar-refractivity contribution in [1.82, 2.24) is 0 Å². The summed E-state index contributed by atoms with van der Waals surface area (Å²) in [6, 6.07) is 0. The van der Waals surface area contributed by atoms with Crippen molar-refractivity contribution < 1.29 is 81.7 Å². The minimum atomic E-state index is -2.49. The quantitative estimate of drug-likeness (QED) is 0.145. The maximum absolute atomic E-state index is 13.6. The number of aliphatic hydroxyl groups excluding tert-OH is 1. The van der Waals surface area contributed by atoms with Crippen LogP contribution in [0.2, 0.25) is 0 Å². The lowest BCUT2D eigenvalue weighted by atomic mass is 9.51. The molecular formula is C41H58O17. The van der Waals surface area contributed by atoms with E-state index in [9.17, 15) is 43.8 Å². The number of hydrogen-bond acceptors (Lipinski definition) is 17. The van der Waals surface area contributed by atoms with Gasteiger partial charge < -0.3 is 48.1 Å². The maximum atomic E-state index is 13.6. The molecule has 17 heteroatoms. The van der Waals surface area contributed by atoms with Gasteiger partial charge in [0.25, 0.3) is 0 Å². The summed E-state index contributed by atoms with van der Waals surface area (Å²) in [6.45, 7) is 13.8. The molecule has 0 bridgehead atoms. The van der Waals surface area contributed by atoms with E-state index in [1.807, 2.05) is 13.8 Å². The van der Waals surface area contributed by atoms with E-state index in [-0.39, 0.29) is 49.2 Å². The standard InChI is InChI=1S/C41H58O17/c1-20(2)13-29(45)51-18-26-11-12-27(55-32(48)17-42)39(10)34(37(54-25(9)44)41(50)23(7)38(49)56-28(41)16-26)40(19-52-40)36(58-31(47)15-22(5)6)33(35(39)53-24(8)43)57-30(46)14-21(3)4/h11-12,16,20-23,27-28,33-37,42,50H,13-15,17-19H2,1-10H3/t23-,27-,28-,33+,34+,35-,36+,37-,39+,40-,41-/m0/s1. The minimum Gasteiger partial charge on any atom is -0.461 e. The minimum absolute atomic E-state index is 0.0519. The van der Waals surface area contributed by atoms with Crippen molar-refractivity contribution in [3.8, 4) is 0 Å². The molecule has 2 heterocycles. The Morgan fingerprint density at radius 2 is 1.33 bits per heavy atom. The topological polar surface area (TPSA) is 237 Å². The average molecular weight is 823 g/mol. The lowest BCUT2D eigenvalue weighted by Crippen LogP contribution is -2.76. The van der Waals surface area contributed by atoms with E-state index in [1.54, 1.807) is 27.7 Å². The lowest BCUT2D eigenvalue weighted by Gasteiger charge is -2.59. The van der Waals surface area contributed by atoms with Crippen molar-refractivity contribution in [3.63, 3.8) is 0 Å². The third kappa shape index (κ3) is 9.74. The molecule has 0 amide bonds. The fraction of sp³-hybridized carbons (Fsp3) is 0.732.